The molecule has 0 fully saturated rings. The summed E-state index contributed by atoms with van der Waals surface area (Å²) in [6.07, 6.45) is 2.40. The Morgan fingerprint density at radius 3 is 2.86 bits per heavy atom. The molecule has 0 aromatic carbocycles. The lowest BCUT2D eigenvalue weighted by atomic mass is 10.2. The molecule has 2 N–H and O–H groups in total. The van der Waals surface area contributed by atoms with Crippen molar-refractivity contribution in [3.05, 3.63) is 40.7 Å². The first kappa shape index (κ1) is 15.9. The van der Waals surface area contributed by atoms with Gasteiger partial charge in [-0.1, -0.05) is 6.92 Å². The highest BCUT2D eigenvalue weighted by molar-refractivity contribution is 7.89. The van der Waals surface area contributed by atoms with Gasteiger partial charge in [0.1, 0.15) is 0 Å². The maximum atomic E-state index is 12.5. The molecule has 0 spiro atoms. The molecular formula is C14H19N3O2S2. The molecule has 5 nitrogen and oxygen atoms in total. The quantitative estimate of drug-likeness (QED) is 0.821. The second-order valence-corrected chi connectivity index (χ2v) is 7.09. The van der Waals surface area contributed by atoms with Crippen molar-refractivity contribution in [1.82, 2.24) is 9.71 Å². The molecule has 1 atom stereocenters. The van der Waals surface area contributed by atoms with Crippen LogP contribution in [0.4, 0.5) is 5.69 Å². The molecule has 2 rings (SSSR count). The fourth-order valence-corrected chi connectivity index (χ4v) is 3.97. The Labute approximate surface area is 129 Å². The average Bonchev–Trinajstić information content (AvgIpc) is 2.99. The summed E-state index contributed by atoms with van der Waals surface area (Å²) in [7, 11) is -3.67. The largest absolute Gasteiger partial charge is 0.383 e. The molecular weight excluding hydrogens is 306 g/mol. The minimum absolute atomic E-state index is 0.0422. The first-order chi connectivity index (χ1) is 10.0. The first-order valence-electron chi connectivity index (χ1n) is 6.78. The number of pyridine rings is 1. The lowest BCUT2D eigenvalue weighted by Gasteiger charge is -2.15. The van der Waals surface area contributed by atoms with Crippen molar-refractivity contribution in [2.45, 2.75) is 31.3 Å². The number of aromatic nitrogens is 1. The van der Waals surface area contributed by atoms with Crippen LogP contribution in [0, 0.1) is 0 Å². The molecule has 2 aromatic heterocycles. The Bertz CT molecular complexity index is 669. The van der Waals surface area contributed by atoms with Gasteiger partial charge < -0.3 is 5.32 Å². The van der Waals surface area contributed by atoms with E-state index >= 15 is 0 Å². The summed E-state index contributed by atoms with van der Waals surface area (Å²) in [5.74, 6) is 0. The van der Waals surface area contributed by atoms with Crippen molar-refractivity contribution in [2.75, 3.05) is 11.9 Å². The Hall–Kier alpha value is -1.44. The van der Waals surface area contributed by atoms with Crippen molar-refractivity contribution < 1.29 is 8.42 Å². The smallest absolute Gasteiger partial charge is 0.260 e. The van der Waals surface area contributed by atoms with Crippen LogP contribution in [0.3, 0.4) is 0 Å². The number of anilines is 1. The number of nitrogens with one attached hydrogen (secondary N) is 2. The number of rotatable bonds is 7. The zero-order valence-electron chi connectivity index (χ0n) is 12.0. The van der Waals surface area contributed by atoms with Crippen LogP contribution in [0.5, 0.6) is 0 Å². The van der Waals surface area contributed by atoms with E-state index in [0.29, 0.717) is 12.2 Å². The van der Waals surface area contributed by atoms with Crippen molar-refractivity contribution >= 4 is 27.0 Å². The van der Waals surface area contributed by atoms with E-state index in [4.69, 9.17) is 0 Å². The molecule has 114 valence electrons. The molecule has 21 heavy (non-hydrogen) atoms. The maximum Gasteiger partial charge on any atom is 0.260 e. The maximum absolute atomic E-state index is 12.5. The van der Waals surface area contributed by atoms with Gasteiger partial charge in [0.2, 0.25) is 0 Å². The van der Waals surface area contributed by atoms with Gasteiger partial charge in [-0.25, -0.2) is 18.1 Å². The summed E-state index contributed by atoms with van der Waals surface area (Å²) < 4.78 is 27.7. The molecule has 0 amide bonds. The van der Waals surface area contributed by atoms with Crippen LogP contribution in [0.1, 0.15) is 31.9 Å². The van der Waals surface area contributed by atoms with Crippen LogP contribution in [-0.4, -0.2) is 19.9 Å². The van der Waals surface area contributed by atoms with Crippen molar-refractivity contribution in [1.29, 1.82) is 0 Å². The zero-order valence-corrected chi connectivity index (χ0v) is 13.7. The van der Waals surface area contributed by atoms with Gasteiger partial charge in [0.15, 0.2) is 5.03 Å². The molecule has 0 saturated heterocycles. The van der Waals surface area contributed by atoms with Crippen LogP contribution in [-0.2, 0) is 10.0 Å². The molecule has 0 aliphatic rings. The molecule has 0 aliphatic carbocycles. The fourth-order valence-electron chi connectivity index (χ4n) is 1.88. The predicted molar refractivity (Wildman–Crippen MR) is 86.1 cm³/mol. The first-order valence-corrected chi connectivity index (χ1v) is 9.20. The van der Waals surface area contributed by atoms with Gasteiger partial charge in [-0.05, 0) is 47.9 Å². The summed E-state index contributed by atoms with van der Waals surface area (Å²) in [6, 6.07) is 5.07. The normalized spacial score (nSPS) is 13.0. The number of hydrogen-bond acceptors (Lipinski definition) is 5. The van der Waals surface area contributed by atoms with Crippen LogP contribution in [0.25, 0.3) is 0 Å². The minimum Gasteiger partial charge on any atom is -0.383 e. The molecule has 2 aromatic rings. The Morgan fingerprint density at radius 1 is 1.38 bits per heavy atom. The van der Waals surface area contributed by atoms with Gasteiger partial charge >= 0.3 is 0 Å². The van der Waals surface area contributed by atoms with Crippen LogP contribution < -0.4 is 10.0 Å². The average molecular weight is 325 g/mol. The summed E-state index contributed by atoms with van der Waals surface area (Å²) in [5.41, 5.74) is 1.48. The molecule has 2 heterocycles. The van der Waals surface area contributed by atoms with Gasteiger partial charge in [0, 0.05) is 18.8 Å². The third-order valence-corrected chi connectivity index (χ3v) is 5.17. The van der Waals surface area contributed by atoms with Gasteiger partial charge in [0.25, 0.3) is 10.0 Å². The summed E-state index contributed by atoms with van der Waals surface area (Å²) in [6.45, 7) is 4.55. The highest BCUT2D eigenvalue weighted by Gasteiger charge is 2.23. The second kappa shape index (κ2) is 7.02. The van der Waals surface area contributed by atoms with Crippen molar-refractivity contribution in [3.63, 3.8) is 0 Å². The van der Waals surface area contributed by atoms with Gasteiger partial charge in [-0.15, -0.1) is 0 Å². The van der Waals surface area contributed by atoms with Crippen LogP contribution in [0.15, 0.2) is 40.2 Å². The number of sulfonamides is 1. The van der Waals surface area contributed by atoms with Crippen molar-refractivity contribution in [2.24, 2.45) is 0 Å². The van der Waals surface area contributed by atoms with Crippen molar-refractivity contribution in [3.8, 4) is 0 Å². The van der Waals surface area contributed by atoms with E-state index in [-0.39, 0.29) is 11.1 Å². The Morgan fingerprint density at radius 2 is 2.19 bits per heavy atom. The van der Waals surface area contributed by atoms with Crippen LogP contribution >= 0.6 is 11.3 Å². The third kappa shape index (κ3) is 4.03. The molecule has 1 unspecified atom stereocenters. The molecule has 0 radical (unpaired) electrons. The van der Waals surface area contributed by atoms with E-state index in [9.17, 15) is 8.42 Å². The number of nitrogens with zero attached hydrogens (tertiary/aromatic N) is 1. The summed E-state index contributed by atoms with van der Waals surface area (Å²) in [5, 5.41) is 7.00. The lowest BCUT2D eigenvalue weighted by Crippen LogP contribution is -2.28. The fraction of sp³-hybridized carbons (Fsp3) is 0.357. The van der Waals surface area contributed by atoms with E-state index in [1.54, 1.807) is 23.5 Å². The van der Waals surface area contributed by atoms with Gasteiger partial charge in [-0.3, -0.25) is 0 Å². The molecule has 0 bridgehead atoms. The third-order valence-electron chi connectivity index (χ3n) is 2.97. The van der Waals surface area contributed by atoms with E-state index in [1.807, 2.05) is 30.7 Å². The van der Waals surface area contributed by atoms with Gasteiger partial charge in [0.05, 0.1) is 5.69 Å². The van der Waals surface area contributed by atoms with E-state index in [2.05, 4.69) is 15.0 Å². The molecule has 7 heteroatoms. The SMILES string of the molecule is CCCNc1cccnc1S(=O)(=O)NC(C)c1ccsc1. The summed E-state index contributed by atoms with van der Waals surface area (Å²) in [4.78, 5) is 4.03. The number of thiophene rings is 1. The Kier molecular flexibility index (Phi) is 5.33. The highest BCUT2D eigenvalue weighted by atomic mass is 32.2. The minimum atomic E-state index is -3.67. The number of hydrogen-bond donors (Lipinski definition) is 2. The topological polar surface area (TPSA) is 71.1 Å². The summed E-state index contributed by atoms with van der Waals surface area (Å²) >= 11 is 1.54. The van der Waals surface area contributed by atoms with Crippen LogP contribution in [0.2, 0.25) is 0 Å². The predicted octanol–water partition coefficient (Wildman–Crippen LogP) is 3.00. The van der Waals surface area contributed by atoms with Gasteiger partial charge in [-0.2, -0.15) is 11.3 Å². The molecule has 0 saturated carbocycles. The monoisotopic (exact) mass is 325 g/mol. The zero-order chi connectivity index (χ0) is 15.3. The second-order valence-electron chi connectivity index (χ2n) is 4.68. The Balaban J connectivity index is 2.23. The van der Waals surface area contributed by atoms with E-state index in [0.717, 1.165) is 12.0 Å². The van der Waals surface area contributed by atoms with E-state index < -0.39 is 10.0 Å². The van der Waals surface area contributed by atoms with E-state index in [1.165, 1.54) is 6.20 Å². The molecule has 0 aliphatic heterocycles. The standard InChI is InChI=1S/C14H19N3O2S2/c1-3-7-15-13-5-4-8-16-14(13)21(18,19)17-11(2)12-6-9-20-10-12/h4-6,8-11,15,17H,3,7H2,1-2H3. The lowest BCUT2D eigenvalue weighted by molar-refractivity contribution is 0.564. The highest BCUT2D eigenvalue weighted by Crippen LogP contribution is 2.22.